The highest BCUT2D eigenvalue weighted by atomic mass is 16.5. The van der Waals surface area contributed by atoms with Gasteiger partial charge >= 0.3 is 0 Å². The summed E-state index contributed by atoms with van der Waals surface area (Å²) in [4.78, 5) is 12.0. The number of ether oxygens (including phenoxy) is 1. The van der Waals surface area contributed by atoms with E-state index < -0.39 is 5.54 Å². The molecule has 0 spiro atoms. The van der Waals surface area contributed by atoms with Gasteiger partial charge in [0.25, 0.3) is 0 Å². The van der Waals surface area contributed by atoms with Gasteiger partial charge in [-0.1, -0.05) is 25.8 Å². The van der Waals surface area contributed by atoms with Gasteiger partial charge in [0.2, 0.25) is 5.91 Å². The monoisotopic (exact) mass is 262 g/mol. The van der Waals surface area contributed by atoms with Crippen molar-refractivity contribution in [3.05, 3.63) is 24.3 Å². The van der Waals surface area contributed by atoms with E-state index in [4.69, 9.17) is 10.5 Å². The van der Waals surface area contributed by atoms with Crippen molar-refractivity contribution in [1.82, 2.24) is 0 Å². The second-order valence-electron chi connectivity index (χ2n) is 5.19. The zero-order valence-corrected chi connectivity index (χ0v) is 11.6. The Bertz CT molecular complexity index is 461. The topological polar surface area (TPSA) is 64.3 Å². The van der Waals surface area contributed by atoms with Gasteiger partial charge < -0.3 is 15.8 Å². The predicted molar refractivity (Wildman–Crippen MR) is 76.2 cm³/mol. The number of nitrogens with one attached hydrogen (secondary N) is 1. The van der Waals surface area contributed by atoms with E-state index in [2.05, 4.69) is 12.2 Å². The van der Waals surface area contributed by atoms with Crippen molar-refractivity contribution in [3.63, 3.8) is 0 Å². The minimum atomic E-state index is -0.610. The standard InChI is InChI=1S/C15H22N2O2/c1-3-11-6-5-9-15(11,14(16)18)17-12-7-4-8-13(10-12)19-2/h4,7-8,10-11,17H,3,5-6,9H2,1-2H3,(H2,16,18). The second kappa shape index (κ2) is 5.51. The third-order valence-electron chi connectivity index (χ3n) is 4.19. The molecule has 1 aromatic rings. The van der Waals surface area contributed by atoms with E-state index >= 15 is 0 Å². The van der Waals surface area contributed by atoms with Crippen molar-refractivity contribution in [1.29, 1.82) is 0 Å². The maximum Gasteiger partial charge on any atom is 0.243 e. The molecule has 1 amide bonds. The fourth-order valence-corrected chi connectivity index (χ4v) is 3.14. The molecule has 2 unspecified atom stereocenters. The number of hydrogen-bond acceptors (Lipinski definition) is 3. The largest absolute Gasteiger partial charge is 0.497 e. The highest BCUT2D eigenvalue weighted by molar-refractivity contribution is 5.89. The molecule has 4 nitrogen and oxygen atoms in total. The Labute approximate surface area is 114 Å². The Kier molecular flexibility index (Phi) is 3.98. The first-order valence-electron chi connectivity index (χ1n) is 6.84. The molecule has 2 atom stereocenters. The summed E-state index contributed by atoms with van der Waals surface area (Å²) in [5.41, 5.74) is 5.96. The number of amides is 1. The number of benzene rings is 1. The average Bonchev–Trinajstić information content (AvgIpc) is 2.83. The van der Waals surface area contributed by atoms with Crippen LogP contribution < -0.4 is 15.8 Å². The fourth-order valence-electron chi connectivity index (χ4n) is 3.14. The van der Waals surface area contributed by atoms with Gasteiger partial charge in [-0.05, 0) is 30.9 Å². The lowest BCUT2D eigenvalue weighted by atomic mass is 9.84. The lowest BCUT2D eigenvalue weighted by Crippen LogP contribution is -2.53. The normalized spacial score (nSPS) is 26.1. The van der Waals surface area contributed by atoms with Crippen LogP contribution in [0.3, 0.4) is 0 Å². The molecule has 0 aliphatic heterocycles. The SMILES string of the molecule is CCC1CCCC1(Nc1cccc(OC)c1)C(N)=O. The number of rotatable bonds is 5. The number of carbonyl (C=O) groups is 1. The van der Waals surface area contributed by atoms with Crippen molar-refractivity contribution < 1.29 is 9.53 Å². The summed E-state index contributed by atoms with van der Waals surface area (Å²) in [5, 5.41) is 3.38. The third kappa shape index (κ3) is 2.53. The van der Waals surface area contributed by atoms with Gasteiger partial charge in [-0.25, -0.2) is 0 Å². The Hall–Kier alpha value is -1.71. The first-order valence-corrected chi connectivity index (χ1v) is 6.84. The van der Waals surface area contributed by atoms with E-state index in [0.29, 0.717) is 5.92 Å². The Morgan fingerprint density at radius 3 is 3.00 bits per heavy atom. The van der Waals surface area contributed by atoms with Crippen molar-refractivity contribution in [2.24, 2.45) is 11.7 Å². The van der Waals surface area contributed by atoms with Crippen LogP contribution in [0.4, 0.5) is 5.69 Å². The van der Waals surface area contributed by atoms with E-state index in [-0.39, 0.29) is 5.91 Å². The molecule has 19 heavy (non-hydrogen) atoms. The smallest absolute Gasteiger partial charge is 0.243 e. The molecule has 1 aliphatic rings. The van der Waals surface area contributed by atoms with Crippen molar-refractivity contribution >= 4 is 11.6 Å². The lowest BCUT2D eigenvalue weighted by Gasteiger charge is -2.34. The van der Waals surface area contributed by atoms with Crippen LogP contribution in [0.1, 0.15) is 32.6 Å². The molecule has 1 saturated carbocycles. The van der Waals surface area contributed by atoms with Crippen LogP contribution in [0.5, 0.6) is 5.75 Å². The van der Waals surface area contributed by atoms with Gasteiger partial charge in [0.15, 0.2) is 0 Å². The predicted octanol–water partition coefficient (Wildman–Crippen LogP) is 2.54. The van der Waals surface area contributed by atoms with Crippen LogP contribution in [0.2, 0.25) is 0 Å². The van der Waals surface area contributed by atoms with Gasteiger partial charge in [-0.2, -0.15) is 0 Å². The summed E-state index contributed by atoms with van der Waals surface area (Å²) in [7, 11) is 1.63. The molecule has 1 fully saturated rings. The molecular weight excluding hydrogens is 240 g/mol. The van der Waals surface area contributed by atoms with Gasteiger partial charge in [0.1, 0.15) is 11.3 Å². The Balaban J connectivity index is 2.28. The summed E-state index contributed by atoms with van der Waals surface area (Å²) < 4.78 is 5.21. The maximum absolute atomic E-state index is 12.0. The molecule has 0 bridgehead atoms. The van der Waals surface area contributed by atoms with Crippen molar-refractivity contribution in [2.45, 2.75) is 38.1 Å². The molecule has 2 rings (SSSR count). The average molecular weight is 262 g/mol. The Morgan fingerprint density at radius 2 is 2.37 bits per heavy atom. The van der Waals surface area contributed by atoms with Crippen LogP contribution in [0.25, 0.3) is 0 Å². The quantitative estimate of drug-likeness (QED) is 0.857. The summed E-state index contributed by atoms with van der Waals surface area (Å²) in [5.74, 6) is 0.825. The summed E-state index contributed by atoms with van der Waals surface area (Å²) in [6.07, 6.45) is 3.85. The molecule has 0 radical (unpaired) electrons. The molecule has 0 saturated heterocycles. The highest BCUT2D eigenvalue weighted by Crippen LogP contribution is 2.40. The van der Waals surface area contributed by atoms with Gasteiger partial charge in [0.05, 0.1) is 7.11 Å². The number of carbonyl (C=O) groups excluding carboxylic acids is 1. The van der Waals surface area contributed by atoms with Gasteiger partial charge in [0, 0.05) is 11.8 Å². The van der Waals surface area contributed by atoms with Crippen LogP contribution in [0.15, 0.2) is 24.3 Å². The molecule has 104 valence electrons. The number of methoxy groups -OCH3 is 1. The molecule has 3 N–H and O–H groups in total. The molecule has 0 heterocycles. The van der Waals surface area contributed by atoms with Gasteiger partial charge in [-0.15, -0.1) is 0 Å². The number of anilines is 1. The maximum atomic E-state index is 12.0. The number of primary amides is 1. The van der Waals surface area contributed by atoms with E-state index in [1.807, 2.05) is 24.3 Å². The highest BCUT2D eigenvalue weighted by Gasteiger charge is 2.46. The summed E-state index contributed by atoms with van der Waals surface area (Å²) in [6, 6.07) is 7.63. The first-order chi connectivity index (χ1) is 9.12. The van der Waals surface area contributed by atoms with Crippen LogP contribution >= 0.6 is 0 Å². The van der Waals surface area contributed by atoms with Crippen molar-refractivity contribution in [2.75, 3.05) is 12.4 Å². The van der Waals surface area contributed by atoms with E-state index in [1.165, 1.54) is 0 Å². The summed E-state index contributed by atoms with van der Waals surface area (Å²) >= 11 is 0. The van der Waals surface area contributed by atoms with Crippen LogP contribution in [-0.2, 0) is 4.79 Å². The Morgan fingerprint density at radius 1 is 1.58 bits per heavy atom. The lowest BCUT2D eigenvalue weighted by molar-refractivity contribution is -0.123. The van der Waals surface area contributed by atoms with Crippen molar-refractivity contribution in [3.8, 4) is 5.75 Å². The first kappa shape index (κ1) is 13.7. The molecule has 1 aliphatic carbocycles. The van der Waals surface area contributed by atoms with E-state index in [1.54, 1.807) is 7.11 Å². The molecule has 0 aromatic heterocycles. The second-order valence-corrected chi connectivity index (χ2v) is 5.19. The number of nitrogens with two attached hydrogens (primary N) is 1. The molecule has 1 aromatic carbocycles. The minimum Gasteiger partial charge on any atom is -0.497 e. The van der Waals surface area contributed by atoms with Crippen LogP contribution in [-0.4, -0.2) is 18.6 Å². The zero-order valence-electron chi connectivity index (χ0n) is 11.6. The third-order valence-corrected chi connectivity index (χ3v) is 4.19. The van der Waals surface area contributed by atoms with Gasteiger partial charge in [-0.3, -0.25) is 4.79 Å². The molecular formula is C15H22N2O2. The van der Waals surface area contributed by atoms with E-state index in [0.717, 1.165) is 37.1 Å². The number of hydrogen-bond donors (Lipinski definition) is 2. The molecule has 4 heteroatoms. The van der Waals surface area contributed by atoms with Crippen LogP contribution in [0, 0.1) is 5.92 Å². The fraction of sp³-hybridized carbons (Fsp3) is 0.533. The zero-order chi connectivity index (χ0) is 13.9. The van der Waals surface area contributed by atoms with E-state index in [9.17, 15) is 4.79 Å². The minimum absolute atomic E-state index is 0.250. The summed E-state index contributed by atoms with van der Waals surface area (Å²) in [6.45, 7) is 2.11.